The number of benzene rings is 1. The largest absolute Gasteiger partial charge is 0.414 e. The van der Waals surface area contributed by atoms with Crippen molar-refractivity contribution < 1.29 is 4.43 Å². The van der Waals surface area contributed by atoms with Crippen molar-refractivity contribution in [1.82, 2.24) is 5.32 Å². The fourth-order valence-electron chi connectivity index (χ4n) is 2.07. The normalized spacial score (nSPS) is 13.3. The van der Waals surface area contributed by atoms with Crippen LogP contribution in [-0.4, -0.2) is 22.9 Å². The van der Waals surface area contributed by atoms with Gasteiger partial charge in [0.25, 0.3) is 0 Å². The first-order valence-corrected chi connectivity index (χ1v) is 9.45. The topological polar surface area (TPSA) is 21.3 Å². The fourth-order valence-corrected chi connectivity index (χ4v) is 3.37. The minimum Gasteiger partial charge on any atom is -0.414 e. The monoisotopic (exact) mass is 327 g/mol. The lowest BCUT2D eigenvalue weighted by molar-refractivity contribution is 0.109. The number of halogens is 1. The standard InChI is InChI=1S/C17H30ClNOSi/c1-7-19-11-10-13-8-9-15(18)14(12-13)17(5,6)20-21-16(2,3)4/h8-9,12,19H,7,10-11,21H2,1-6H3. The van der Waals surface area contributed by atoms with Gasteiger partial charge in [0.15, 0.2) is 9.76 Å². The van der Waals surface area contributed by atoms with Gasteiger partial charge >= 0.3 is 0 Å². The van der Waals surface area contributed by atoms with Gasteiger partial charge in [-0.25, -0.2) is 0 Å². The molecule has 120 valence electrons. The third-order valence-electron chi connectivity index (χ3n) is 3.39. The third kappa shape index (κ3) is 6.51. The summed E-state index contributed by atoms with van der Waals surface area (Å²) in [6, 6.07) is 6.32. The zero-order valence-corrected chi connectivity index (χ0v) is 16.5. The van der Waals surface area contributed by atoms with Crippen LogP contribution in [0.2, 0.25) is 10.1 Å². The Labute approximate surface area is 137 Å². The molecule has 2 nitrogen and oxygen atoms in total. The first-order chi connectivity index (χ1) is 9.65. The van der Waals surface area contributed by atoms with Crippen molar-refractivity contribution in [3.05, 3.63) is 34.3 Å². The zero-order valence-electron chi connectivity index (χ0n) is 14.3. The lowest BCUT2D eigenvalue weighted by Crippen LogP contribution is -2.28. The molecular weight excluding hydrogens is 298 g/mol. The Morgan fingerprint density at radius 3 is 2.43 bits per heavy atom. The van der Waals surface area contributed by atoms with Crippen molar-refractivity contribution in [2.75, 3.05) is 13.1 Å². The summed E-state index contributed by atoms with van der Waals surface area (Å²) in [6.07, 6.45) is 1.02. The van der Waals surface area contributed by atoms with E-state index in [-0.39, 0.29) is 10.6 Å². The highest BCUT2D eigenvalue weighted by molar-refractivity contribution is 6.32. The molecule has 1 rings (SSSR count). The average Bonchev–Trinajstić information content (AvgIpc) is 2.38. The van der Waals surface area contributed by atoms with Crippen molar-refractivity contribution in [3.8, 4) is 0 Å². The Kier molecular flexibility index (Phi) is 6.92. The van der Waals surface area contributed by atoms with Crippen molar-refractivity contribution in [1.29, 1.82) is 0 Å². The predicted octanol–water partition coefficient (Wildman–Crippen LogP) is 4.05. The summed E-state index contributed by atoms with van der Waals surface area (Å²) in [5.41, 5.74) is 2.10. The van der Waals surface area contributed by atoms with E-state index in [2.05, 4.69) is 59.0 Å². The van der Waals surface area contributed by atoms with Crippen LogP contribution in [-0.2, 0) is 16.4 Å². The van der Waals surface area contributed by atoms with E-state index in [1.165, 1.54) is 5.56 Å². The van der Waals surface area contributed by atoms with Crippen LogP contribution < -0.4 is 5.32 Å². The van der Waals surface area contributed by atoms with Crippen molar-refractivity contribution in [2.45, 2.75) is 58.6 Å². The number of hydrogen-bond acceptors (Lipinski definition) is 2. The summed E-state index contributed by atoms with van der Waals surface area (Å²) < 4.78 is 6.28. The van der Waals surface area contributed by atoms with Crippen LogP contribution in [0.3, 0.4) is 0 Å². The van der Waals surface area contributed by atoms with E-state index in [1.54, 1.807) is 0 Å². The number of hydrogen-bond donors (Lipinski definition) is 1. The van der Waals surface area contributed by atoms with Crippen LogP contribution in [0.15, 0.2) is 18.2 Å². The molecule has 0 spiro atoms. The molecule has 0 aliphatic rings. The molecule has 0 saturated heterocycles. The quantitative estimate of drug-likeness (QED) is 0.602. The summed E-state index contributed by atoms with van der Waals surface area (Å²) in [6.45, 7) is 15.1. The van der Waals surface area contributed by atoms with E-state index in [0.29, 0.717) is 0 Å². The highest BCUT2D eigenvalue weighted by atomic mass is 35.5. The molecule has 0 aliphatic carbocycles. The lowest BCUT2D eigenvalue weighted by Gasteiger charge is -2.31. The van der Waals surface area contributed by atoms with E-state index in [0.717, 1.165) is 30.1 Å². The van der Waals surface area contributed by atoms with E-state index in [1.807, 2.05) is 6.07 Å². The Morgan fingerprint density at radius 1 is 1.19 bits per heavy atom. The fraction of sp³-hybridized carbons (Fsp3) is 0.647. The molecule has 0 heterocycles. The smallest absolute Gasteiger partial charge is 0.168 e. The molecule has 4 heteroatoms. The second-order valence-corrected chi connectivity index (χ2v) is 10.4. The molecular formula is C17H30ClNOSi. The number of nitrogens with one attached hydrogen (secondary N) is 1. The van der Waals surface area contributed by atoms with Crippen LogP contribution in [0.4, 0.5) is 0 Å². The molecule has 0 saturated carbocycles. The molecule has 0 bridgehead atoms. The van der Waals surface area contributed by atoms with Crippen molar-refractivity contribution in [3.63, 3.8) is 0 Å². The van der Waals surface area contributed by atoms with Gasteiger partial charge in [-0.2, -0.15) is 0 Å². The van der Waals surface area contributed by atoms with E-state index >= 15 is 0 Å². The van der Waals surface area contributed by atoms with Crippen LogP contribution in [0, 0.1) is 0 Å². The molecule has 1 aromatic rings. The maximum Gasteiger partial charge on any atom is 0.168 e. The minimum atomic E-state index is -0.617. The van der Waals surface area contributed by atoms with Crippen LogP contribution in [0.25, 0.3) is 0 Å². The molecule has 1 N–H and O–H groups in total. The molecule has 0 fully saturated rings. The summed E-state index contributed by atoms with van der Waals surface area (Å²) in [4.78, 5) is 0. The molecule has 0 aromatic heterocycles. The molecule has 0 aliphatic heterocycles. The lowest BCUT2D eigenvalue weighted by atomic mass is 9.95. The molecule has 0 radical (unpaired) electrons. The Hall–Kier alpha value is -0.353. The SMILES string of the molecule is CCNCCc1ccc(Cl)c(C(C)(C)O[SiH2]C(C)(C)C)c1. The second kappa shape index (κ2) is 7.77. The van der Waals surface area contributed by atoms with Crippen LogP contribution in [0.1, 0.15) is 52.7 Å². The van der Waals surface area contributed by atoms with Gasteiger partial charge in [0, 0.05) is 10.6 Å². The highest BCUT2D eigenvalue weighted by Gasteiger charge is 2.26. The van der Waals surface area contributed by atoms with Gasteiger partial charge in [0.2, 0.25) is 0 Å². The summed E-state index contributed by atoms with van der Waals surface area (Å²) in [5.74, 6) is 0. The summed E-state index contributed by atoms with van der Waals surface area (Å²) in [5, 5.41) is 4.44. The Bertz CT molecular complexity index is 455. The van der Waals surface area contributed by atoms with Gasteiger partial charge in [0.1, 0.15) is 0 Å². The van der Waals surface area contributed by atoms with Gasteiger partial charge in [-0.15, -0.1) is 0 Å². The maximum absolute atomic E-state index is 6.41. The van der Waals surface area contributed by atoms with Gasteiger partial charge in [-0.3, -0.25) is 0 Å². The third-order valence-corrected chi connectivity index (χ3v) is 5.45. The second-order valence-electron chi connectivity index (χ2n) is 7.28. The molecule has 0 atom stereocenters. The number of rotatable bonds is 7. The highest BCUT2D eigenvalue weighted by Crippen LogP contribution is 2.34. The Balaban J connectivity index is 2.86. The molecule has 21 heavy (non-hydrogen) atoms. The average molecular weight is 328 g/mol. The zero-order chi connectivity index (χ0) is 16.1. The summed E-state index contributed by atoms with van der Waals surface area (Å²) >= 11 is 6.41. The number of likely N-dealkylation sites (N-methyl/N-ethyl adjacent to an activating group) is 1. The van der Waals surface area contributed by atoms with Crippen molar-refractivity contribution in [2.24, 2.45) is 0 Å². The van der Waals surface area contributed by atoms with Gasteiger partial charge < -0.3 is 9.74 Å². The van der Waals surface area contributed by atoms with Gasteiger partial charge in [-0.05, 0) is 50.0 Å². The Morgan fingerprint density at radius 2 is 1.86 bits per heavy atom. The van der Waals surface area contributed by atoms with Crippen molar-refractivity contribution >= 4 is 21.4 Å². The minimum absolute atomic E-state index is 0.284. The first-order valence-electron chi connectivity index (χ1n) is 7.79. The van der Waals surface area contributed by atoms with E-state index < -0.39 is 9.76 Å². The summed E-state index contributed by atoms with van der Waals surface area (Å²) in [7, 11) is -0.617. The molecule has 1 aromatic carbocycles. The van der Waals surface area contributed by atoms with Crippen LogP contribution >= 0.6 is 11.6 Å². The first kappa shape index (κ1) is 18.7. The van der Waals surface area contributed by atoms with Gasteiger partial charge in [-0.1, -0.05) is 51.4 Å². The molecule has 0 amide bonds. The van der Waals surface area contributed by atoms with E-state index in [4.69, 9.17) is 16.0 Å². The van der Waals surface area contributed by atoms with Crippen LogP contribution in [0.5, 0.6) is 0 Å². The molecule has 0 unspecified atom stereocenters. The predicted molar refractivity (Wildman–Crippen MR) is 96.1 cm³/mol. The van der Waals surface area contributed by atoms with E-state index in [9.17, 15) is 0 Å². The maximum atomic E-state index is 6.41. The van der Waals surface area contributed by atoms with Gasteiger partial charge in [0.05, 0.1) is 5.60 Å².